The zero-order valence-electron chi connectivity index (χ0n) is 26.0. The first-order valence-corrected chi connectivity index (χ1v) is 14.9. The molecule has 1 spiro atoms. The summed E-state index contributed by atoms with van der Waals surface area (Å²) in [4.78, 5) is 46.5. The van der Waals surface area contributed by atoms with Crippen molar-refractivity contribution in [1.29, 1.82) is 0 Å². The monoisotopic (exact) mass is 568 g/mol. The third-order valence-electron chi connectivity index (χ3n) is 9.49. The molecule has 0 aromatic heterocycles. The summed E-state index contributed by atoms with van der Waals surface area (Å²) >= 11 is 0. The van der Waals surface area contributed by atoms with Gasteiger partial charge < -0.3 is 24.4 Å². The van der Waals surface area contributed by atoms with Crippen molar-refractivity contribution in [2.24, 2.45) is 23.2 Å². The van der Waals surface area contributed by atoms with E-state index in [1.165, 1.54) is 4.90 Å². The van der Waals surface area contributed by atoms with E-state index in [1.807, 2.05) is 58.0 Å². The third kappa shape index (κ3) is 5.01. The van der Waals surface area contributed by atoms with E-state index >= 15 is 4.79 Å². The summed E-state index contributed by atoms with van der Waals surface area (Å²) in [7, 11) is 0. The maximum Gasteiger partial charge on any atom is 0.312 e. The number of aliphatic hydroxyl groups is 1. The molecule has 1 N–H and O–H groups in total. The molecule has 0 aliphatic carbocycles. The van der Waals surface area contributed by atoms with Gasteiger partial charge in [0.15, 0.2) is 0 Å². The molecule has 3 aliphatic rings. The van der Waals surface area contributed by atoms with Crippen LogP contribution in [0.1, 0.15) is 79.8 Å². The quantitative estimate of drug-likeness (QED) is 0.329. The number of nitrogens with zero attached hydrogens (tertiary/aromatic N) is 2. The van der Waals surface area contributed by atoms with Crippen LogP contribution in [0.25, 0.3) is 0 Å². The van der Waals surface area contributed by atoms with Crippen molar-refractivity contribution in [1.82, 2.24) is 9.80 Å². The largest absolute Gasteiger partial charge is 0.466 e. The van der Waals surface area contributed by atoms with Crippen molar-refractivity contribution < 1.29 is 29.0 Å². The smallest absolute Gasteiger partial charge is 0.312 e. The number of likely N-dealkylation sites (tertiary alicyclic amines) is 1. The van der Waals surface area contributed by atoms with Crippen LogP contribution in [0.3, 0.4) is 0 Å². The summed E-state index contributed by atoms with van der Waals surface area (Å²) in [6.07, 6.45) is 2.86. The molecule has 0 saturated carbocycles. The van der Waals surface area contributed by atoms with Gasteiger partial charge in [-0.1, -0.05) is 64.1 Å². The molecule has 3 saturated heterocycles. The highest BCUT2D eigenvalue weighted by Crippen LogP contribution is 2.66. The number of aliphatic hydroxyl groups excluding tert-OH is 1. The normalized spacial score (nSPS) is 31.6. The predicted octanol–water partition coefficient (Wildman–Crippen LogP) is 4.52. The van der Waals surface area contributed by atoms with E-state index in [0.717, 1.165) is 0 Å². The summed E-state index contributed by atoms with van der Waals surface area (Å²) in [6, 6.07) is 7.41. The standard InChI is InChI=1S/C33H48N2O6/c1-10-17-34(31(7,8)20-30(4,5)6)28(38)26-33-18-21(3)32(9,41-33)25(29(39)40-11-2)24(33)27(37)35(26)23(19-36)22-15-13-12-14-16-22/h10,12-16,21,23-26,36H,1,11,17-20H2,2-9H3/t21?,23-,24+,25-,26?,32+,33?/m1/s1. The van der Waals surface area contributed by atoms with Crippen LogP contribution in [0.4, 0.5) is 0 Å². The predicted molar refractivity (Wildman–Crippen MR) is 157 cm³/mol. The molecule has 3 heterocycles. The average Bonchev–Trinajstić information content (AvgIpc) is 3.39. The van der Waals surface area contributed by atoms with Crippen LogP contribution in [0, 0.1) is 23.2 Å². The summed E-state index contributed by atoms with van der Waals surface area (Å²) in [5.41, 5.74) is -2.14. The van der Waals surface area contributed by atoms with Crippen molar-refractivity contribution in [3.05, 3.63) is 48.6 Å². The Balaban J connectivity index is 1.92. The van der Waals surface area contributed by atoms with Gasteiger partial charge in [-0.05, 0) is 57.4 Å². The fourth-order valence-corrected chi connectivity index (χ4v) is 8.22. The second-order valence-corrected chi connectivity index (χ2v) is 14.1. The van der Waals surface area contributed by atoms with E-state index in [9.17, 15) is 14.7 Å². The second kappa shape index (κ2) is 10.8. The number of hydrogen-bond donors (Lipinski definition) is 1. The van der Waals surface area contributed by atoms with Gasteiger partial charge in [0, 0.05) is 12.1 Å². The second-order valence-electron chi connectivity index (χ2n) is 14.1. The molecule has 3 aliphatic heterocycles. The number of amides is 2. The fourth-order valence-electron chi connectivity index (χ4n) is 8.22. The topological polar surface area (TPSA) is 96.4 Å². The molecule has 41 heavy (non-hydrogen) atoms. The molecule has 2 amide bonds. The van der Waals surface area contributed by atoms with Gasteiger partial charge in [-0.25, -0.2) is 0 Å². The van der Waals surface area contributed by atoms with Gasteiger partial charge >= 0.3 is 5.97 Å². The zero-order chi connectivity index (χ0) is 30.5. The van der Waals surface area contributed by atoms with Crippen LogP contribution in [0.5, 0.6) is 0 Å². The Morgan fingerprint density at radius 3 is 2.41 bits per heavy atom. The van der Waals surface area contributed by atoms with E-state index in [2.05, 4.69) is 27.4 Å². The molecule has 2 bridgehead atoms. The van der Waals surface area contributed by atoms with Crippen LogP contribution < -0.4 is 0 Å². The van der Waals surface area contributed by atoms with E-state index in [-0.39, 0.29) is 42.9 Å². The van der Waals surface area contributed by atoms with Crippen molar-refractivity contribution in [2.45, 2.75) is 97.1 Å². The Bertz CT molecular complexity index is 1180. The van der Waals surface area contributed by atoms with Crippen molar-refractivity contribution >= 4 is 17.8 Å². The van der Waals surface area contributed by atoms with Crippen LogP contribution >= 0.6 is 0 Å². The van der Waals surface area contributed by atoms with Crippen molar-refractivity contribution in [2.75, 3.05) is 19.8 Å². The molecule has 0 radical (unpaired) electrons. The summed E-state index contributed by atoms with van der Waals surface area (Å²) in [5, 5.41) is 10.7. The highest BCUT2D eigenvalue weighted by atomic mass is 16.6. The van der Waals surface area contributed by atoms with E-state index in [4.69, 9.17) is 9.47 Å². The Morgan fingerprint density at radius 2 is 1.88 bits per heavy atom. The number of esters is 1. The molecule has 1 aromatic carbocycles. The molecule has 226 valence electrons. The molecule has 4 rings (SSSR count). The molecule has 3 fully saturated rings. The fraction of sp³-hybridized carbons (Fsp3) is 0.667. The first-order chi connectivity index (χ1) is 19.1. The molecular formula is C33H48N2O6. The summed E-state index contributed by atoms with van der Waals surface area (Å²) in [5.74, 6) is -2.95. The molecule has 8 nitrogen and oxygen atoms in total. The Labute approximate surface area is 245 Å². The van der Waals surface area contributed by atoms with Gasteiger partial charge in [-0.3, -0.25) is 14.4 Å². The minimum absolute atomic E-state index is 0.0772. The van der Waals surface area contributed by atoms with Gasteiger partial charge in [-0.2, -0.15) is 0 Å². The van der Waals surface area contributed by atoms with Gasteiger partial charge in [0.2, 0.25) is 11.8 Å². The first kappa shape index (κ1) is 31.2. The van der Waals surface area contributed by atoms with Crippen LogP contribution in [-0.2, 0) is 23.9 Å². The molecule has 8 heteroatoms. The van der Waals surface area contributed by atoms with Crippen molar-refractivity contribution in [3.63, 3.8) is 0 Å². The van der Waals surface area contributed by atoms with Gasteiger partial charge in [0.25, 0.3) is 0 Å². The maximum absolute atomic E-state index is 15.0. The lowest BCUT2D eigenvalue weighted by Crippen LogP contribution is -2.61. The summed E-state index contributed by atoms with van der Waals surface area (Å²) < 4.78 is 12.3. The first-order valence-electron chi connectivity index (χ1n) is 14.9. The number of ether oxygens (including phenoxy) is 2. The lowest BCUT2D eigenvalue weighted by molar-refractivity contribution is -0.164. The SMILES string of the molecule is C=CCN(C(=O)C1N([C@H](CO)c2ccccc2)C(=O)[C@@H]2[C@H](C(=O)OCC)[C@@]3(C)OC12CC3C)C(C)(C)CC(C)(C)C. The minimum atomic E-state index is -1.24. The molecule has 3 unspecified atom stereocenters. The highest BCUT2D eigenvalue weighted by molar-refractivity contribution is 5.99. The van der Waals surface area contributed by atoms with Crippen LogP contribution in [0.2, 0.25) is 0 Å². The van der Waals surface area contributed by atoms with Gasteiger partial charge in [0.1, 0.15) is 17.6 Å². The highest BCUT2D eigenvalue weighted by Gasteiger charge is 2.81. The number of rotatable bonds is 10. The Morgan fingerprint density at radius 1 is 1.24 bits per heavy atom. The van der Waals surface area contributed by atoms with Gasteiger partial charge in [0.05, 0.1) is 30.8 Å². The molecule has 1 aromatic rings. The van der Waals surface area contributed by atoms with E-state index in [0.29, 0.717) is 18.4 Å². The Kier molecular flexibility index (Phi) is 8.26. The maximum atomic E-state index is 15.0. The number of carbonyl (C=O) groups excluding carboxylic acids is 3. The van der Waals surface area contributed by atoms with Gasteiger partial charge in [-0.15, -0.1) is 6.58 Å². The lowest BCUT2D eigenvalue weighted by atomic mass is 9.62. The molecular weight excluding hydrogens is 520 g/mol. The number of carbonyl (C=O) groups is 3. The summed E-state index contributed by atoms with van der Waals surface area (Å²) in [6.45, 7) is 20.1. The van der Waals surface area contributed by atoms with Crippen LogP contribution in [0.15, 0.2) is 43.0 Å². The Hall–Kier alpha value is -2.71. The zero-order valence-corrected chi connectivity index (χ0v) is 26.0. The average molecular weight is 569 g/mol. The minimum Gasteiger partial charge on any atom is -0.466 e. The third-order valence-corrected chi connectivity index (χ3v) is 9.49. The van der Waals surface area contributed by atoms with Crippen LogP contribution in [-0.4, -0.2) is 75.2 Å². The lowest BCUT2D eigenvalue weighted by Gasteiger charge is -2.46. The number of benzene rings is 1. The van der Waals surface area contributed by atoms with E-state index < -0.39 is 46.6 Å². The number of hydrogen-bond acceptors (Lipinski definition) is 6. The van der Waals surface area contributed by atoms with Crippen molar-refractivity contribution in [3.8, 4) is 0 Å². The number of fused-ring (bicyclic) bond motifs is 1. The molecule has 7 atom stereocenters. The van der Waals surface area contributed by atoms with E-state index in [1.54, 1.807) is 17.9 Å².